The molecule has 1 rings (SSSR count). The van der Waals surface area contributed by atoms with Crippen LogP contribution < -0.4 is 4.74 Å². The van der Waals surface area contributed by atoms with E-state index in [0.717, 1.165) is 18.2 Å². The average molecular weight is 226 g/mol. The summed E-state index contributed by atoms with van der Waals surface area (Å²) in [6, 6.07) is 2.65. The Morgan fingerprint density at radius 2 is 1.88 bits per heavy atom. The van der Waals surface area contributed by atoms with Crippen molar-refractivity contribution < 1.29 is 28.9 Å². The summed E-state index contributed by atoms with van der Waals surface area (Å²) in [5.74, 6) is -4.45. The molecule has 1 aromatic carbocycles. The standard InChI is InChI=1S/C10H7FO5/c1-5(9(12)13)16-8-3-6(10(14)15)2-7(11)4-8/h2-4H,1H2,(H,12,13)(H,14,15). The SMILES string of the molecule is C=C(Oc1cc(F)cc(C(=O)O)c1)C(=O)O. The van der Waals surface area contributed by atoms with Gasteiger partial charge in [0.15, 0.2) is 0 Å². The van der Waals surface area contributed by atoms with Gasteiger partial charge in [0.2, 0.25) is 5.76 Å². The molecule has 0 heterocycles. The van der Waals surface area contributed by atoms with Crippen LogP contribution in [0.1, 0.15) is 10.4 Å². The molecule has 1 aromatic rings. The number of aliphatic carboxylic acids is 1. The molecule has 0 amide bonds. The Labute approximate surface area is 89.4 Å². The number of hydrogen-bond donors (Lipinski definition) is 2. The van der Waals surface area contributed by atoms with Crippen LogP contribution in [0, 0.1) is 5.82 Å². The monoisotopic (exact) mass is 226 g/mol. The van der Waals surface area contributed by atoms with E-state index >= 15 is 0 Å². The van der Waals surface area contributed by atoms with Gasteiger partial charge in [0, 0.05) is 6.07 Å². The predicted octanol–water partition coefficient (Wildman–Crippen LogP) is 1.50. The smallest absolute Gasteiger partial charge is 0.371 e. The molecule has 0 fully saturated rings. The number of carboxylic acid groups (broad SMARTS) is 2. The first-order valence-electron chi connectivity index (χ1n) is 4.04. The van der Waals surface area contributed by atoms with E-state index < -0.39 is 23.5 Å². The summed E-state index contributed by atoms with van der Waals surface area (Å²) in [6.45, 7) is 3.06. The van der Waals surface area contributed by atoms with Gasteiger partial charge >= 0.3 is 11.9 Å². The molecule has 6 heteroatoms. The molecule has 0 saturated heterocycles. The minimum absolute atomic E-state index is 0.232. The lowest BCUT2D eigenvalue weighted by atomic mass is 10.2. The maximum atomic E-state index is 12.9. The maximum absolute atomic E-state index is 12.9. The van der Waals surface area contributed by atoms with Crippen molar-refractivity contribution in [2.24, 2.45) is 0 Å². The van der Waals surface area contributed by atoms with Crippen LogP contribution in [0.15, 0.2) is 30.5 Å². The summed E-state index contributed by atoms with van der Waals surface area (Å²) in [7, 11) is 0. The van der Waals surface area contributed by atoms with Crippen molar-refractivity contribution in [3.63, 3.8) is 0 Å². The number of rotatable bonds is 4. The van der Waals surface area contributed by atoms with E-state index in [1.54, 1.807) is 0 Å². The minimum atomic E-state index is -1.42. The topological polar surface area (TPSA) is 83.8 Å². The van der Waals surface area contributed by atoms with Crippen LogP contribution in [0.2, 0.25) is 0 Å². The van der Waals surface area contributed by atoms with Gasteiger partial charge in [-0.1, -0.05) is 0 Å². The Morgan fingerprint density at radius 1 is 1.25 bits per heavy atom. The highest BCUT2D eigenvalue weighted by Gasteiger charge is 2.11. The first-order valence-corrected chi connectivity index (χ1v) is 4.04. The Bertz CT molecular complexity index is 466. The molecule has 0 radical (unpaired) electrons. The van der Waals surface area contributed by atoms with E-state index in [4.69, 9.17) is 10.2 Å². The van der Waals surface area contributed by atoms with Crippen molar-refractivity contribution in [3.8, 4) is 5.75 Å². The number of benzene rings is 1. The van der Waals surface area contributed by atoms with Crippen molar-refractivity contribution in [1.29, 1.82) is 0 Å². The summed E-state index contributed by atoms with van der Waals surface area (Å²) >= 11 is 0. The Morgan fingerprint density at radius 3 is 2.38 bits per heavy atom. The summed E-state index contributed by atoms with van der Waals surface area (Å²) in [4.78, 5) is 20.9. The Balaban J connectivity index is 3.01. The number of carboxylic acids is 2. The molecular formula is C10H7FO5. The van der Waals surface area contributed by atoms with Gasteiger partial charge in [-0.25, -0.2) is 14.0 Å². The molecular weight excluding hydrogens is 219 g/mol. The fraction of sp³-hybridized carbons (Fsp3) is 0. The van der Waals surface area contributed by atoms with Crippen LogP contribution in [0.5, 0.6) is 5.75 Å². The lowest BCUT2D eigenvalue weighted by molar-refractivity contribution is -0.135. The van der Waals surface area contributed by atoms with Crippen LogP contribution in [0.3, 0.4) is 0 Å². The second kappa shape index (κ2) is 4.43. The fourth-order valence-electron chi connectivity index (χ4n) is 0.931. The van der Waals surface area contributed by atoms with Crippen LogP contribution in [0.4, 0.5) is 4.39 Å². The molecule has 84 valence electrons. The fourth-order valence-corrected chi connectivity index (χ4v) is 0.931. The van der Waals surface area contributed by atoms with Crippen molar-refractivity contribution in [2.45, 2.75) is 0 Å². The zero-order chi connectivity index (χ0) is 12.3. The third-order valence-electron chi connectivity index (χ3n) is 1.60. The third kappa shape index (κ3) is 2.81. The van der Waals surface area contributed by atoms with Gasteiger partial charge < -0.3 is 14.9 Å². The average Bonchev–Trinajstić information content (AvgIpc) is 2.16. The van der Waals surface area contributed by atoms with Crippen molar-refractivity contribution in [1.82, 2.24) is 0 Å². The van der Waals surface area contributed by atoms with E-state index in [9.17, 15) is 14.0 Å². The largest absolute Gasteiger partial charge is 0.478 e. The van der Waals surface area contributed by atoms with Crippen molar-refractivity contribution >= 4 is 11.9 Å². The highest BCUT2D eigenvalue weighted by atomic mass is 19.1. The lowest BCUT2D eigenvalue weighted by Crippen LogP contribution is -2.07. The molecule has 2 N–H and O–H groups in total. The van der Waals surface area contributed by atoms with Gasteiger partial charge in [0.25, 0.3) is 0 Å². The lowest BCUT2D eigenvalue weighted by Gasteiger charge is -2.05. The summed E-state index contributed by atoms with van der Waals surface area (Å²) < 4.78 is 17.6. The molecule has 0 aliphatic heterocycles. The van der Waals surface area contributed by atoms with Crippen molar-refractivity contribution in [3.05, 3.63) is 41.9 Å². The third-order valence-corrected chi connectivity index (χ3v) is 1.60. The first-order chi connectivity index (χ1) is 7.40. The van der Waals surface area contributed by atoms with Gasteiger partial charge in [-0.3, -0.25) is 0 Å². The molecule has 0 atom stereocenters. The molecule has 0 saturated carbocycles. The molecule has 0 bridgehead atoms. The second-order valence-corrected chi connectivity index (χ2v) is 2.81. The zero-order valence-corrected chi connectivity index (χ0v) is 7.94. The van der Waals surface area contributed by atoms with E-state index in [2.05, 4.69) is 11.3 Å². The molecule has 0 aromatic heterocycles. The highest BCUT2D eigenvalue weighted by Crippen LogP contribution is 2.18. The molecule has 0 aliphatic carbocycles. The van der Waals surface area contributed by atoms with Gasteiger partial charge in [0.1, 0.15) is 11.6 Å². The van der Waals surface area contributed by atoms with E-state index in [1.807, 2.05) is 0 Å². The summed E-state index contributed by atoms with van der Waals surface area (Å²) in [6.07, 6.45) is 0. The van der Waals surface area contributed by atoms with Crippen molar-refractivity contribution in [2.75, 3.05) is 0 Å². The number of carbonyl (C=O) groups is 2. The van der Waals surface area contributed by atoms with Gasteiger partial charge in [-0.2, -0.15) is 0 Å². The number of ether oxygens (including phenoxy) is 1. The van der Waals surface area contributed by atoms with Crippen LogP contribution in [0.25, 0.3) is 0 Å². The van der Waals surface area contributed by atoms with Crippen LogP contribution in [-0.4, -0.2) is 22.2 Å². The molecule has 5 nitrogen and oxygen atoms in total. The highest BCUT2D eigenvalue weighted by molar-refractivity contribution is 5.88. The van der Waals surface area contributed by atoms with Crippen LogP contribution in [-0.2, 0) is 4.79 Å². The molecule has 0 spiro atoms. The Kier molecular flexibility index (Phi) is 3.24. The first kappa shape index (κ1) is 11.7. The number of aromatic carboxylic acids is 1. The van der Waals surface area contributed by atoms with E-state index in [0.29, 0.717) is 0 Å². The number of hydrogen-bond acceptors (Lipinski definition) is 3. The number of halogens is 1. The van der Waals surface area contributed by atoms with Gasteiger partial charge in [-0.15, -0.1) is 0 Å². The normalized spacial score (nSPS) is 9.56. The Hall–Kier alpha value is -2.37. The minimum Gasteiger partial charge on any atom is -0.478 e. The summed E-state index contributed by atoms with van der Waals surface area (Å²) in [5.41, 5.74) is -0.340. The van der Waals surface area contributed by atoms with Gasteiger partial charge in [-0.05, 0) is 18.7 Å². The predicted molar refractivity (Wildman–Crippen MR) is 50.8 cm³/mol. The van der Waals surface area contributed by atoms with E-state index in [1.165, 1.54) is 0 Å². The summed E-state index contributed by atoms with van der Waals surface area (Å²) in [5, 5.41) is 17.1. The van der Waals surface area contributed by atoms with Crippen LogP contribution >= 0.6 is 0 Å². The van der Waals surface area contributed by atoms with E-state index in [-0.39, 0.29) is 11.3 Å². The van der Waals surface area contributed by atoms with Gasteiger partial charge in [0.05, 0.1) is 5.56 Å². The molecule has 16 heavy (non-hydrogen) atoms. The quantitative estimate of drug-likeness (QED) is 0.600. The molecule has 0 aliphatic rings. The zero-order valence-electron chi connectivity index (χ0n) is 7.94. The maximum Gasteiger partial charge on any atom is 0.371 e. The second-order valence-electron chi connectivity index (χ2n) is 2.81. The molecule has 0 unspecified atom stereocenters.